The molecule has 0 radical (unpaired) electrons. The molecule has 0 saturated heterocycles. The van der Waals surface area contributed by atoms with Crippen LogP contribution in [0.5, 0.6) is 0 Å². The lowest BCUT2D eigenvalue weighted by atomic mass is 10.2. The monoisotopic (exact) mass is 198 g/mol. The Morgan fingerprint density at radius 3 is 3.00 bits per heavy atom. The molecule has 0 spiro atoms. The second kappa shape index (κ2) is 5.57. The first-order valence-electron chi connectivity index (χ1n) is 4.48. The second-order valence-electron chi connectivity index (χ2n) is 2.98. The maximum absolute atomic E-state index is 13.0. The van der Waals surface area contributed by atoms with Crippen LogP contribution in [0.2, 0.25) is 0 Å². The Labute approximate surface area is 83.1 Å². The minimum Gasteiger partial charge on any atom is -0.396 e. The van der Waals surface area contributed by atoms with Gasteiger partial charge >= 0.3 is 0 Å². The zero-order chi connectivity index (χ0) is 10.4. The summed E-state index contributed by atoms with van der Waals surface area (Å²) in [5.41, 5.74) is 6.55. The van der Waals surface area contributed by atoms with E-state index in [1.54, 1.807) is 19.2 Å². The molecule has 1 aromatic rings. The summed E-state index contributed by atoms with van der Waals surface area (Å²) in [5.74, 6) is -0.365. The standard InChI is InChI=1S/C10H15FN2O/c1-14-6-5-13-7-8-3-2-4-9(11)10(8)12/h2-4,13H,5-7,12H2,1H3. The van der Waals surface area contributed by atoms with Gasteiger partial charge in [-0.1, -0.05) is 12.1 Å². The first-order valence-corrected chi connectivity index (χ1v) is 4.48. The summed E-state index contributed by atoms with van der Waals surface area (Å²) in [4.78, 5) is 0. The third-order valence-corrected chi connectivity index (χ3v) is 1.94. The third-order valence-electron chi connectivity index (χ3n) is 1.94. The van der Waals surface area contributed by atoms with Crippen molar-refractivity contribution < 1.29 is 9.13 Å². The first-order chi connectivity index (χ1) is 6.75. The summed E-state index contributed by atoms with van der Waals surface area (Å²) < 4.78 is 17.8. The van der Waals surface area contributed by atoms with Crippen LogP contribution >= 0.6 is 0 Å². The fourth-order valence-electron chi connectivity index (χ4n) is 1.13. The van der Waals surface area contributed by atoms with Crippen molar-refractivity contribution in [3.8, 4) is 0 Å². The molecule has 78 valence electrons. The number of para-hydroxylation sites is 1. The zero-order valence-corrected chi connectivity index (χ0v) is 8.22. The normalized spacial score (nSPS) is 10.4. The molecule has 14 heavy (non-hydrogen) atoms. The summed E-state index contributed by atoms with van der Waals surface area (Å²) in [6, 6.07) is 4.81. The quantitative estimate of drug-likeness (QED) is 0.551. The van der Waals surface area contributed by atoms with Crippen LogP contribution in [0.25, 0.3) is 0 Å². The van der Waals surface area contributed by atoms with Crippen LogP contribution in [-0.4, -0.2) is 20.3 Å². The number of nitrogen functional groups attached to an aromatic ring is 1. The van der Waals surface area contributed by atoms with E-state index < -0.39 is 0 Å². The molecule has 0 saturated carbocycles. The van der Waals surface area contributed by atoms with Gasteiger partial charge in [0.1, 0.15) is 5.82 Å². The van der Waals surface area contributed by atoms with Crippen molar-refractivity contribution in [1.29, 1.82) is 0 Å². The highest BCUT2D eigenvalue weighted by molar-refractivity contribution is 5.47. The van der Waals surface area contributed by atoms with Gasteiger partial charge in [0, 0.05) is 20.2 Å². The Hall–Kier alpha value is -1.13. The number of hydrogen-bond acceptors (Lipinski definition) is 3. The fourth-order valence-corrected chi connectivity index (χ4v) is 1.13. The van der Waals surface area contributed by atoms with Gasteiger partial charge in [0.05, 0.1) is 12.3 Å². The van der Waals surface area contributed by atoms with Gasteiger partial charge in [0.15, 0.2) is 0 Å². The number of anilines is 1. The Kier molecular flexibility index (Phi) is 4.35. The number of benzene rings is 1. The van der Waals surface area contributed by atoms with Crippen molar-refractivity contribution in [2.45, 2.75) is 6.54 Å². The number of methoxy groups -OCH3 is 1. The highest BCUT2D eigenvalue weighted by Gasteiger charge is 2.02. The lowest BCUT2D eigenvalue weighted by molar-refractivity contribution is 0.199. The summed E-state index contributed by atoms with van der Waals surface area (Å²) in [6.45, 7) is 1.93. The number of nitrogens with one attached hydrogen (secondary N) is 1. The molecule has 0 bridgehead atoms. The van der Waals surface area contributed by atoms with Gasteiger partial charge < -0.3 is 15.8 Å². The largest absolute Gasteiger partial charge is 0.396 e. The molecule has 4 heteroatoms. The molecule has 3 N–H and O–H groups in total. The molecule has 0 heterocycles. The topological polar surface area (TPSA) is 47.3 Å². The number of hydrogen-bond donors (Lipinski definition) is 2. The molecule has 0 unspecified atom stereocenters. The van der Waals surface area contributed by atoms with E-state index in [1.807, 2.05) is 0 Å². The van der Waals surface area contributed by atoms with Crippen LogP contribution < -0.4 is 11.1 Å². The highest BCUT2D eigenvalue weighted by Crippen LogP contribution is 2.14. The van der Waals surface area contributed by atoms with Gasteiger partial charge in [-0.3, -0.25) is 0 Å². The van der Waals surface area contributed by atoms with Gasteiger partial charge in [0.2, 0.25) is 0 Å². The SMILES string of the molecule is COCCNCc1cccc(F)c1N. The van der Waals surface area contributed by atoms with Crippen LogP contribution in [0.4, 0.5) is 10.1 Å². The minimum absolute atomic E-state index is 0.220. The Morgan fingerprint density at radius 2 is 2.29 bits per heavy atom. The van der Waals surface area contributed by atoms with E-state index >= 15 is 0 Å². The number of nitrogens with two attached hydrogens (primary N) is 1. The second-order valence-corrected chi connectivity index (χ2v) is 2.98. The van der Waals surface area contributed by atoms with Crippen LogP contribution in [-0.2, 0) is 11.3 Å². The van der Waals surface area contributed by atoms with Crippen LogP contribution in [0.15, 0.2) is 18.2 Å². The smallest absolute Gasteiger partial charge is 0.146 e. The predicted molar refractivity (Wildman–Crippen MR) is 54.4 cm³/mol. The highest BCUT2D eigenvalue weighted by atomic mass is 19.1. The molecule has 1 aromatic carbocycles. The molecule has 0 amide bonds. The third kappa shape index (κ3) is 2.97. The lowest BCUT2D eigenvalue weighted by Crippen LogP contribution is -2.19. The van der Waals surface area contributed by atoms with Crippen molar-refractivity contribution in [3.05, 3.63) is 29.6 Å². The van der Waals surface area contributed by atoms with E-state index in [0.717, 1.165) is 12.1 Å². The summed E-state index contributed by atoms with van der Waals surface area (Å²) in [5, 5.41) is 3.10. The zero-order valence-electron chi connectivity index (χ0n) is 8.22. The molecule has 0 aliphatic rings. The number of ether oxygens (including phenoxy) is 1. The summed E-state index contributed by atoms with van der Waals surface area (Å²) in [7, 11) is 1.64. The van der Waals surface area contributed by atoms with Gasteiger partial charge in [-0.2, -0.15) is 0 Å². The van der Waals surface area contributed by atoms with Crippen molar-refractivity contribution in [2.75, 3.05) is 26.0 Å². The number of rotatable bonds is 5. The van der Waals surface area contributed by atoms with Crippen molar-refractivity contribution in [2.24, 2.45) is 0 Å². The Balaban J connectivity index is 2.46. The van der Waals surface area contributed by atoms with Gasteiger partial charge in [-0.05, 0) is 11.6 Å². The molecule has 3 nitrogen and oxygen atoms in total. The van der Waals surface area contributed by atoms with Crippen molar-refractivity contribution in [3.63, 3.8) is 0 Å². The molecule has 1 rings (SSSR count). The Bertz CT molecular complexity index is 291. The van der Waals surface area contributed by atoms with E-state index in [4.69, 9.17) is 10.5 Å². The molecular formula is C10H15FN2O. The lowest BCUT2D eigenvalue weighted by Gasteiger charge is -2.07. The van der Waals surface area contributed by atoms with Crippen LogP contribution in [0, 0.1) is 5.82 Å². The van der Waals surface area contributed by atoms with Gasteiger partial charge in [0.25, 0.3) is 0 Å². The van der Waals surface area contributed by atoms with Crippen LogP contribution in [0.1, 0.15) is 5.56 Å². The van der Waals surface area contributed by atoms with Crippen molar-refractivity contribution in [1.82, 2.24) is 5.32 Å². The summed E-state index contributed by atoms with van der Waals surface area (Å²) in [6.07, 6.45) is 0. The van der Waals surface area contributed by atoms with E-state index in [2.05, 4.69) is 5.32 Å². The van der Waals surface area contributed by atoms with Crippen molar-refractivity contribution >= 4 is 5.69 Å². The van der Waals surface area contributed by atoms with Gasteiger partial charge in [-0.25, -0.2) is 4.39 Å². The maximum Gasteiger partial charge on any atom is 0.146 e. The van der Waals surface area contributed by atoms with Gasteiger partial charge in [-0.15, -0.1) is 0 Å². The van der Waals surface area contributed by atoms with E-state index in [1.165, 1.54) is 6.07 Å². The van der Waals surface area contributed by atoms with E-state index in [-0.39, 0.29) is 11.5 Å². The predicted octanol–water partition coefficient (Wildman–Crippen LogP) is 1.14. The minimum atomic E-state index is -0.365. The summed E-state index contributed by atoms with van der Waals surface area (Å²) >= 11 is 0. The Morgan fingerprint density at radius 1 is 1.50 bits per heavy atom. The average Bonchev–Trinajstić information content (AvgIpc) is 2.19. The molecule has 0 fully saturated rings. The molecule has 0 atom stereocenters. The van der Waals surface area contributed by atoms with E-state index in [9.17, 15) is 4.39 Å². The first kappa shape index (κ1) is 10.9. The van der Waals surface area contributed by atoms with E-state index in [0.29, 0.717) is 13.2 Å². The van der Waals surface area contributed by atoms with Crippen LogP contribution in [0.3, 0.4) is 0 Å². The maximum atomic E-state index is 13.0. The number of halogens is 1. The average molecular weight is 198 g/mol. The molecule has 0 aliphatic carbocycles. The molecular weight excluding hydrogens is 183 g/mol. The molecule has 0 aromatic heterocycles. The fraction of sp³-hybridized carbons (Fsp3) is 0.400. The molecule has 0 aliphatic heterocycles.